The van der Waals surface area contributed by atoms with Crippen molar-refractivity contribution >= 4 is 35.6 Å². The Balaban J connectivity index is 0.00000176. The summed E-state index contributed by atoms with van der Waals surface area (Å²) >= 11 is 6.08. The van der Waals surface area contributed by atoms with Crippen molar-refractivity contribution in [1.82, 2.24) is 10.2 Å². The van der Waals surface area contributed by atoms with Gasteiger partial charge in [0.1, 0.15) is 0 Å². The average molecular weight is 344 g/mol. The van der Waals surface area contributed by atoms with Gasteiger partial charge in [0.25, 0.3) is 0 Å². The summed E-state index contributed by atoms with van der Waals surface area (Å²) in [5.74, 6) is 1.56. The number of nitrogens with zero attached hydrogens (tertiary/aromatic N) is 1. The van der Waals surface area contributed by atoms with Gasteiger partial charge < -0.3 is 10.6 Å². The molecule has 2 heterocycles. The van der Waals surface area contributed by atoms with Gasteiger partial charge in [0.15, 0.2) is 0 Å². The van der Waals surface area contributed by atoms with Crippen molar-refractivity contribution in [2.24, 2.45) is 11.8 Å². The van der Waals surface area contributed by atoms with Gasteiger partial charge in [0.2, 0.25) is 5.91 Å². The zero-order valence-corrected chi connectivity index (χ0v) is 14.3. The van der Waals surface area contributed by atoms with Crippen LogP contribution in [0.5, 0.6) is 0 Å². The molecule has 2 N–H and O–H groups in total. The highest BCUT2D eigenvalue weighted by molar-refractivity contribution is 6.31. The number of hydrogen-bond acceptors (Lipinski definition) is 3. The van der Waals surface area contributed by atoms with Crippen LogP contribution >= 0.6 is 24.0 Å². The van der Waals surface area contributed by atoms with Crippen LogP contribution in [0, 0.1) is 18.8 Å². The van der Waals surface area contributed by atoms with E-state index < -0.39 is 0 Å². The summed E-state index contributed by atoms with van der Waals surface area (Å²) in [4.78, 5) is 14.4. The molecule has 0 aromatic heterocycles. The molecule has 2 fully saturated rings. The first-order valence-corrected chi connectivity index (χ1v) is 7.98. The Hall–Kier alpha value is -0.810. The van der Waals surface area contributed by atoms with E-state index in [0.717, 1.165) is 43.3 Å². The van der Waals surface area contributed by atoms with Crippen LogP contribution in [-0.2, 0) is 4.79 Å². The number of piperidine rings is 1. The first-order valence-electron chi connectivity index (χ1n) is 7.61. The summed E-state index contributed by atoms with van der Waals surface area (Å²) in [7, 11) is 0. The number of carbonyl (C=O) groups is 1. The number of rotatable bonds is 3. The summed E-state index contributed by atoms with van der Waals surface area (Å²) in [6.07, 6.45) is 1.20. The maximum atomic E-state index is 12.2. The fraction of sp³-hybridized carbons (Fsp3) is 0.562. The zero-order valence-electron chi connectivity index (χ0n) is 12.8. The number of aryl methyl sites for hydroxylation is 1. The maximum Gasteiger partial charge on any atom is 0.238 e. The standard InChI is InChI=1S/C16H22ClN3O.ClH/c1-11-2-3-14(6-15(11)17)19-16(21)10-20-5-4-12-7-18-8-13(12)9-20;/h2-3,6,12-13,18H,4-5,7-10H2,1H3,(H,19,21);1H. The number of amides is 1. The quantitative estimate of drug-likeness (QED) is 0.886. The predicted molar refractivity (Wildman–Crippen MR) is 93.0 cm³/mol. The zero-order chi connectivity index (χ0) is 14.8. The van der Waals surface area contributed by atoms with Crippen LogP contribution in [0.25, 0.3) is 0 Å². The minimum Gasteiger partial charge on any atom is -0.325 e. The summed E-state index contributed by atoms with van der Waals surface area (Å²) in [6, 6.07) is 5.63. The number of nitrogens with one attached hydrogen (secondary N) is 2. The Labute approximate surface area is 143 Å². The van der Waals surface area contributed by atoms with E-state index in [2.05, 4.69) is 15.5 Å². The number of benzene rings is 1. The monoisotopic (exact) mass is 343 g/mol. The molecule has 0 spiro atoms. The van der Waals surface area contributed by atoms with Gasteiger partial charge in [-0.2, -0.15) is 0 Å². The van der Waals surface area contributed by atoms with Crippen molar-refractivity contribution in [3.63, 3.8) is 0 Å². The highest BCUT2D eigenvalue weighted by Crippen LogP contribution is 2.26. The molecule has 6 heteroatoms. The van der Waals surface area contributed by atoms with Crippen molar-refractivity contribution in [2.45, 2.75) is 13.3 Å². The molecule has 2 aliphatic rings. The first kappa shape index (κ1) is 17.5. The lowest BCUT2D eigenvalue weighted by Crippen LogP contribution is -2.43. The highest BCUT2D eigenvalue weighted by atomic mass is 35.5. The molecule has 2 unspecified atom stereocenters. The second kappa shape index (κ2) is 7.64. The Morgan fingerprint density at radius 3 is 2.95 bits per heavy atom. The van der Waals surface area contributed by atoms with E-state index in [1.54, 1.807) is 0 Å². The normalized spacial score (nSPS) is 24.5. The number of carbonyl (C=O) groups excluding carboxylic acids is 1. The lowest BCUT2D eigenvalue weighted by Gasteiger charge is -2.33. The molecule has 2 atom stereocenters. The van der Waals surface area contributed by atoms with E-state index in [1.807, 2.05) is 25.1 Å². The van der Waals surface area contributed by atoms with E-state index in [1.165, 1.54) is 6.42 Å². The van der Waals surface area contributed by atoms with Crippen LogP contribution in [0.3, 0.4) is 0 Å². The minimum absolute atomic E-state index is 0. The first-order chi connectivity index (χ1) is 10.1. The second-order valence-electron chi connectivity index (χ2n) is 6.21. The van der Waals surface area contributed by atoms with Crippen LogP contribution < -0.4 is 10.6 Å². The molecule has 122 valence electrons. The third-order valence-corrected chi connectivity index (χ3v) is 5.02. The number of hydrogen-bond donors (Lipinski definition) is 2. The SMILES string of the molecule is Cc1ccc(NC(=O)CN2CCC3CNCC3C2)cc1Cl.Cl. The van der Waals surface area contributed by atoms with Crippen LogP contribution in [-0.4, -0.2) is 43.5 Å². The average Bonchev–Trinajstić information content (AvgIpc) is 2.90. The summed E-state index contributed by atoms with van der Waals surface area (Å²) in [5.41, 5.74) is 1.79. The topological polar surface area (TPSA) is 44.4 Å². The third-order valence-electron chi connectivity index (χ3n) is 4.61. The van der Waals surface area contributed by atoms with Crippen molar-refractivity contribution < 1.29 is 4.79 Å². The lowest BCUT2D eigenvalue weighted by atomic mass is 9.89. The summed E-state index contributed by atoms with van der Waals surface area (Å²) < 4.78 is 0. The Morgan fingerprint density at radius 2 is 2.18 bits per heavy atom. The Morgan fingerprint density at radius 1 is 1.41 bits per heavy atom. The van der Waals surface area contributed by atoms with Gasteiger partial charge in [0.05, 0.1) is 6.54 Å². The Kier molecular flexibility index (Phi) is 6.09. The fourth-order valence-corrected chi connectivity index (χ4v) is 3.51. The molecule has 0 radical (unpaired) electrons. The number of fused-ring (bicyclic) bond motifs is 1. The summed E-state index contributed by atoms with van der Waals surface area (Å²) in [6.45, 7) is 6.70. The van der Waals surface area contributed by atoms with Crippen LogP contribution in [0.15, 0.2) is 18.2 Å². The molecular weight excluding hydrogens is 321 g/mol. The van der Waals surface area contributed by atoms with Gasteiger partial charge in [-0.25, -0.2) is 0 Å². The van der Waals surface area contributed by atoms with Crippen molar-refractivity contribution in [3.8, 4) is 0 Å². The van der Waals surface area contributed by atoms with E-state index in [-0.39, 0.29) is 18.3 Å². The molecule has 1 amide bonds. The maximum absolute atomic E-state index is 12.2. The number of halogens is 2. The molecule has 4 nitrogen and oxygen atoms in total. The van der Waals surface area contributed by atoms with Crippen LogP contribution in [0.1, 0.15) is 12.0 Å². The van der Waals surface area contributed by atoms with Gasteiger partial charge in [-0.3, -0.25) is 9.69 Å². The van der Waals surface area contributed by atoms with Crippen molar-refractivity contribution in [2.75, 3.05) is 38.0 Å². The van der Waals surface area contributed by atoms with Crippen LogP contribution in [0.2, 0.25) is 5.02 Å². The third kappa shape index (κ3) is 4.13. The Bertz CT molecular complexity index is 538. The number of likely N-dealkylation sites (tertiary alicyclic amines) is 1. The van der Waals surface area contributed by atoms with E-state index in [9.17, 15) is 4.79 Å². The molecule has 1 aromatic carbocycles. The van der Waals surface area contributed by atoms with Crippen LogP contribution in [0.4, 0.5) is 5.69 Å². The lowest BCUT2D eigenvalue weighted by molar-refractivity contribution is -0.117. The predicted octanol–water partition coefficient (Wildman–Crippen LogP) is 2.55. The second-order valence-corrected chi connectivity index (χ2v) is 6.62. The summed E-state index contributed by atoms with van der Waals surface area (Å²) in [5, 5.41) is 7.07. The van der Waals surface area contributed by atoms with Gasteiger partial charge in [0, 0.05) is 17.3 Å². The molecule has 0 bridgehead atoms. The molecule has 0 saturated carbocycles. The largest absolute Gasteiger partial charge is 0.325 e. The minimum atomic E-state index is 0. The molecule has 22 heavy (non-hydrogen) atoms. The van der Waals surface area contributed by atoms with Crippen molar-refractivity contribution in [3.05, 3.63) is 28.8 Å². The molecular formula is C16H23Cl2N3O. The van der Waals surface area contributed by atoms with Gasteiger partial charge in [-0.15, -0.1) is 12.4 Å². The molecule has 2 aliphatic heterocycles. The van der Waals surface area contributed by atoms with Gasteiger partial charge in [-0.05, 0) is 62.5 Å². The van der Waals surface area contributed by atoms with Gasteiger partial charge >= 0.3 is 0 Å². The molecule has 0 aliphatic carbocycles. The molecule has 3 rings (SSSR count). The fourth-order valence-electron chi connectivity index (χ4n) is 3.33. The smallest absolute Gasteiger partial charge is 0.238 e. The van der Waals surface area contributed by atoms with E-state index in [0.29, 0.717) is 17.5 Å². The van der Waals surface area contributed by atoms with E-state index in [4.69, 9.17) is 11.6 Å². The molecule has 2 saturated heterocycles. The van der Waals surface area contributed by atoms with Gasteiger partial charge in [-0.1, -0.05) is 17.7 Å². The van der Waals surface area contributed by atoms with Crippen molar-refractivity contribution in [1.29, 1.82) is 0 Å². The number of anilines is 1. The van der Waals surface area contributed by atoms with E-state index >= 15 is 0 Å². The molecule has 1 aromatic rings. The highest BCUT2D eigenvalue weighted by Gasteiger charge is 2.33.